The number of rotatable bonds is 15. The van der Waals surface area contributed by atoms with Gasteiger partial charge >= 0.3 is 11.9 Å². The number of aliphatic carboxylic acids is 2. The van der Waals surface area contributed by atoms with E-state index >= 15 is 0 Å². The zero-order chi connectivity index (χ0) is 18.9. The Kier molecular flexibility index (Phi) is 14.9. The van der Waals surface area contributed by atoms with Gasteiger partial charge in [0.2, 0.25) is 0 Å². The lowest BCUT2D eigenvalue weighted by atomic mass is 10.1. The van der Waals surface area contributed by atoms with Gasteiger partial charge in [0.25, 0.3) is 0 Å². The highest BCUT2D eigenvalue weighted by molar-refractivity contribution is 5.73. The molecular formula is C19H32O6. The number of carboxylic acids is 2. The summed E-state index contributed by atoms with van der Waals surface area (Å²) in [5.41, 5.74) is 0. The van der Waals surface area contributed by atoms with E-state index < -0.39 is 30.8 Å². The van der Waals surface area contributed by atoms with Gasteiger partial charge in [-0.05, 0) is 6.42 Å². The molecule has 144 valence electrons. The first-order chi connectivity index (χ1) is 12.0. The lowest BCUT2D eigenvalue weighted by Gasteiger charge is -2.13. The molecule has 2 atom stereocenters. The molecule has 0 rings (SSSR count). The fourth-order valence-electron chi connectivity index (χ4n) is 2.38. The summed E-state index contributed by atoms with van der Waals surface area (Å²) in [5.74, 6) is 2.58. The molecule has 0 fully saturated rings. The molecule has 0 saturated heterocycles. The van der Waals surface area contributed by atoms with Gasteiger partial charge in [-0.1, -0.05) is 70.6 Å². The van der Waals surface area contributed by atoms with Crippen LogP contribution in [0.15, 0.2) is 0 Å². The number of unbranched alkanes of at least 4 members (excludes halogenated alkanes) is 10. The summed E-state index contributed by atoms with van der Waals surface area (Å²) in [6.45, 7) is 1.52. The predicted octanol–water partition coefficient (Wildman–Crippen LogP) is 3.22. The van der Waals surface area contributed by atoms with Crippen LogP contribution in [0.3, 0.4) is 0 Å². The molecule has 0 aromatic rings. The molecule has 0 saturated carbocycles. The van der Waals surface area contributed by atoms with E-state index in [2.05, 4.69) is 18.8 Å². The lowest BCUT2D eigenvalue weighted by Crippen LogP contribution is -2.36. The average Bonchev–Trinajstić information content (AvgIpc) is 2.57. The molecule has 0 spiro atoms. The number of aliphatic hydroxyl groups excluding tert-OH is 1. The van der Waals surface area contributed by atoms with E-state index in [-0.39, 0.29) is 0 Å². The number of hydrogen-bond donors (Lipinski definition) is 3. The lowest BCUT2D eigenvalue weighted by molar-refractivity contribution is -0.157. The van der Waals surface area contributed by atoms with Crippen molar-refractivity contribution in [2.45, 2.75) is 89.8 Å². The second-order valence-corrected chi connectivity index (χ2v) is 6.16. The highest BCUT2D eigenvalue weighted by Gasteiger charge is 2.25. The second kappa shape index (κ2) is 15.9. The van der Waals surface area contributed by atoms with Crippen LogP contribution in [-0.2, 0) is 14.3 Å². The van der Waals surface area contributed by atoms with Crippen LogP contribution in [0.2, 0.25) is 0 Å². The van der Waals surface area contributed by atoms with Crippen LogP contribution in [0.5, 0.6) is 0 Å². The third kappa shape index (κ3) is 14.5. The van der Waals surface area contributed by atoms with E-state index in [1.54, 1.807) is 0 Å². The van der Waals surface area contributed by atoms with Crippen molar-refractivity contribution in [1.29, 1.82) is 0 Å². The molecule has 0 aliphatic heterocycles. The smallest absolute Gasteiger partial charge is 0.336 e. The van der Waals surface area contributed by atoms with Gasteiger partial charge in [0.15, 0.2) is 12.2 Å². The van der Waals surface area contributed by atoms with Gasteiger partial charge in [-0.25, -0.2) is 9.59 Å². The molecule has 2 unspecified atom stereocenters. The molecule has 25 heavy (non-hydrogen) atoms. The molecule has 3 N–H and O–H groups in total. The van der Waals surface area contributed by atoms with Crippen molar-refractivity contribution >= 4 is 11.9 Å². The Labute approximate surface area is 150 Å². The quantitative estimate of drug-likeness (QED) is 0.307. The first kappa shape index (κ1) is 23.4. The summed E-state index contributed by atoms with van der Waals surface area (Å²) in [6.07, 6.45) is 9.58. The third-order valence-corrected chi connectivity index (χ3v) is 3.83. The molecular weight excluding hydrogens is 324 g/mol. The minimum atomic E-state index is -1.85. The molecule has 0 bridgehead atoms. The van der Waals surface area contributed by atoms with Gasteiger partial charge in [-0.15, -0.1) is 5.92 Å². The molecule has 0 amide bonds. The van der Waals surface area contributed by atoms with Gasteiger partial charge in [-0.2, -0.15) is 0 Å². The largest absolute Gasteiger partial charge is 0.480 e. The Morgan fingerprint density at radius 1 is 0.920 bits per heavy atom. The predicted molar refractivity (Wildman–Crippen MR) is 95.3 cm³/mol. The van der Waals surface area contributed by atoms with E-state index in [9.17, 15) is 14.7 Å². The summed E-state index contributed by atoms with van der Waals surface area (Å²) >= 11 is 0. The maximum atomic E-state index is 10.8. The summed E-state index contributed by atoms with van der Waals surface area (Å²) < 4.78 is 4.82. The molecule has 0 aliphatic rings. The number of carboxylic acid groups (broad SMARTS) is 2. The minimum absolute atomic E-state index is 0.579. The van der Waals surface area contributed by atoms with Gasteiger partial charge in [0.05, 0.1) is 0 Å². The van der Waals surface area contributed by atoms with Gasteiger partial charge < -0.3 is 20.1 Å². The molecule has 6 nitrogen and oxygen atoms in total. The van der Waals surface area contributed by atoms with Gasteiger partial charge in [0, 0.05) is 6.42 Å². The van der Waals surface area contributed by atoms with Crippen molar-refractivity contribution < 1.29 is 29.6 Å². The van der Waals surface area contributed by atoms with Crippen molar-refractivity contribution in [2.24, 2.45) is 0 Å². The van der Waals surface area contributed by atoms with E-state index in [1.807, 2.05) is 0 Å². The first-order valence-electron chi connectivity index (χ1n) is 9.21. The van der Waals surface area contributed by atoms with Gasteiger partial charge in [-0.3, -0.25) is 0 Å². The maximum Gasteiger partial charge on any atom is 0.336 e. The van der Waals surface area contributed by atoms with Crippen LogP contribution in [0.4, 0.5) is 0 Å². The fourth-order valence-corrected chi connectivity index (χ4v) is 2.38. The Bertz CT molecular complexity index is 423. The SMILES string of the molecule is CCCCCCCCCCCCC#CC(OCC(=O)O)C(O)C(=O)O. The van der Waals surface area contributed by atoms with E-state index in [4.69, 9.17) is 14.9 Å². The second-order valence-electron chi connectivity index (χ2n) is 6.16. The summed E-state index contributed by atoms with van der Waals surface area (Å²) in [5, 5.41) is 26.8. The monoisotopic (exact) mass is 356 g/mol. The van der Waals surface area contributed by atoms with E-state index in [0.29, 0.717) is 6.42 Å². The zero-order valence-corrected chi connectivity index (χ0v) is 15.2. The molecule has 6 heteroatoms. The van der Waals surface area contributed by atoms with Crippen molar-refractivity contribution in [2.75, 3.05) is 6.61 Å². The standard InChI is InChI=1S/C19H32O6/c1-2-3-4-5-6-7-8-9-10-11-12-13-14-16(18(22)19(23)24)25-15-17(20)21/h16,18,22H,2-12,15H2,1H3,(H,20,21)(H,23,24). The molecule has 0 heterocycles. The Morgan fingerprint density at radius 2 is 1.44 bits per heavy atom. The molecule has 0 radical (unpaired) electrons. The normalized spacial score (nSPS) is 12.9. The van der Waals surface area contributed by atoms with Crippen LogP contribution in [-0.4, -0.2) is 46.1 Å². The fraction of sp³-hybridized carbons (Fsp3) is 0.789. The van der Waals surface area contributed by atoms with Crippen molar-refractivity contribution in [3.05, 3.63) is 0 Å². The topological polar surface area (TPSA) is 104 Å². The van der Waals surface area contributed by atoms with E-state index in [1.165, 1.54) is 44.9 Å². The Balaban J connectivity index is 3.85. The Hall–Kier alpha value is -1.58. The van der Waals surface area contributed by atoms with Gasteiger partial charge in [0.1, 0.15) is 6.61 Å². The number of hydrogen-bond acceptors (Lipinski definition) is 4. The summed E-state index contributed by atoms with van der Waals surface area (Å²) in [7, 11) is 0. The van der Waals surface area contributed by atoms with Crippen molar-refractivity contribution in [3.8, 4) is 11.8 Å². The highest BCUT2D eigenvalue weighted by atomic mass is 16.5. The zero-order valence-electron chi connectivity index (χ0n) is 15.2. The van der Waals surface area contributed by atoms with Crippen LogP contribution >= 0.6 is 0 Å². The first-order valence-corrected chi connectivity index (χ1v) is 9.21. The van der Waals surface area contributed by atoms with Crippen LogP contribution in [0.1, 0.15) is 77.6 Å². The highest BCUT2D eigenvalue weighted by Crippen LogP contribution is 2.11. The van der Waals surface area contributed by atoms with Crippen molar-refractivity contribution in [1.82, 2.24) is 0 Å². The minimum Gasteiger partial charge on any atom is -0.480 e. The van der Waals surface area contributed by atoms with Crippen LogP contribution in [0.25, 0.3) is 0 Å². The third-order valence-electron chi connectivity index (χ3n) is 3.83. The Morgan fingerprint density at radius 3 is 1.92 bits per heavy atom. The maximum absolute atomic E-state index is 10.8. The summed E-state index contributed by atoms with van der Waals surface area (Å²) in [6, 6.07) is 0. The van der Waals surface area contributed by atoms with E-state index in [0.717, 1.165) is 19.3 Å². The number of carbonyl (C=O) groups is 2. The summed E-state index contributed by atoms with van der Waals surface area (Å²) in [4.78, 5) is 21.2. The van der Waals surface area contributed by atoms with Crippen molar-refractivity contribution in [3.63, 3.8) is 0 Å². The van der Waals surface area contributed by atoms with Crippen LogP contribution in [0, 0.1) is 11.8 Å². The number of ether oxygens (including phenoxy) is 1. The molecule has 0 aromatic heterocycles. The average molecular weight is 356 g/mol. The molecule has 0 aliphatic carbocycles. The van der Waals surface area contributed by atoms with Crippen LogP contribution < -0.4 is 0 Å². The molecule has 0 aromatic carbocycles. The number of aliphatic hydroxyl groups is 1.